The lowest BCUT2D eigenvalue weighted by Gasteiger charge is -2.32. The van der Waals surface area contributed by atoms with Gasteiger partial charge in [-0.3, -0.25) is 19.2 Å². The number of hydrogen-bond acceptors (Lipinski definition) is 25. The molecular formula is C55H69BrCl2N16O10. The number of anilines is 7. The van der Waals surface area contributed by atoms with Crippen molar-refractivity contribution in [3.63, 3.8) is 0 Å². The molecule has 6 aromatic rings. The van der Waals surface area contributed by atoms with Gasteiger partial charge in [-0.2, -0.15) is 0 Å². The number of methoxy groups -OCH3 is 3. The number of phenolic OH excluding ortho intramolecular Hbond substituents is 2. The third kappa shape index (κ3) is 18.4. The zero-order valence-electron chi connectivity index (χ0n) is 46.6. The highest BCUT2D eigenvalue weighted by atomic mass is 79.9. The topological polar surface area (TPSA) is 386 Å². The summed E-state index contributed by atoms with van der Waals surface area (Å²) in [7, 11) is 4.28. The van der Waals surface area contributed by atoms with E-state index in [9.17, 15) is 29.4 Å². The Kier molecular flexibility index (Phi) is 24.8. The second kappa shape index (κ2) is 32.1. The molecule has 0 amide bonds. The molecule has 12 N–H and O–H groups in total. The number of para-hydroxylation sites is 2. The van der Waals surface area contributed by atoms with Crippen LogP contribution in [0.3, 0.4) is 0 Å². The summed E-state index contributed by atoms with van der Waals surface area (Å²) < 4.78 is 14.9. The van der Waals surface area contributed by atoms with E-state index in [2.05, 4.69) is 76.6 Å². The van der Waals surface area contributed by atoms with E-state index in [1.165, 1.54) is 21.3 Å². The number of aromatic hydroxyl groups is 2. The molecule has 0 aliphatic carbocycles. The first-order valence-corrected chi connectivity index (χ1v) is 28.3. The standard InChI is InChI=1S/C17H20N4O3.C16H18N4O3.C11H15ClN4O2.C7H13NO2.C4H3BrClN3/c1-24-17(23)11-6-8-21(9-7-11)14-10-13(19-20-16(14)18)12-4-2-3-5-15(12)22;17-15-13(20-7-5-10(6-8-20)16(22)23)9-12(18-19-15)11-3-1-2-4-14(11)21;1-18-11(17)7-2-4-16(5-3-7)8-6-9(12)14-15-10(8)13;1-10-7(9)6-2-4-8-5-3-6;5-2-1-3(6)8-9-4(2)7/h2-5,10-11,22H,6-9H2,1H3,(H2,18,20);1-4,9-10,21H,5-8H2,(H2,17,19)(H,22,23);6-7H,2-5H2,1H3,(H2,13,15);6,8H,2-5H2,1H3;1H,(H2,7,9). The first kappa shape index (κ1) is 65.0. The molecule has 4 saturated heterocycles. The summed E-state index contributed by atoms with van der Waals surface area (Å²) in [5, 5.41) is 63.5. The Bertz CT molecular complexity index is 3160. The molecule has 0 radical (unpaired) electrons. The van der Waals surface area contributed by atoms with Gasteiger partial charge in [0.15, 0.2) is 33.6 Å². The van der Waals surface area contributed by atoms with Crippen LogP contribution < -0.4 is 43.0 Å². The Labute approximate surface area is 503 Å². The predicted octanol–water partition coefficient (Wildman–Crippen LogP) is 6.29. The first-order chi connectivity index (χ1) is 40.3. The number of nitrogens with two attached hydrogens (primary N) is 4. The molecule has 84 heavy (non-hydrogen) atoms. The van der Waals surface area contributed by atoms with Crippen molar-refractivity contribution in [2.75, 3.05) is 111 Å². The van der Waals surface area contributed by atoms with E-state index in [1.807, 2.05) is 23.1 Å². The van der Waals surface area contributed by atoms with Crippen molar-refractivity contribution < 1.29 is 48.7 Å². The highest BCUT2D eigenvalue weighted by molar-refractivity contribution is 9.10. The molecule has 0 unspecified atom stereocenters. The van der Waals surface area contributed by atoms with Gasteiger partial charge in [0.2, 0.25) is 0 Å². The summed E-state index contributed by atoms with van der Waals surface area (Å²) in [6.45, 7) is 5.93. The van der Waals surface area contributed by atoms with Crippen molar-refractivity contribution in [2.24, 2.45) is 23.7 Å². The summed E-state index contributed by atoms with van der Waals surface area (Å²) in [6.07, 6.45) is 5.89. The average molecular weight is 1270 g/mol. The Balaban J connectivity index is 0.000000176. The van der Waals surface area contributed by atoms with E-state index in [-0.39, 0.29) is 53.1 Å². The molecule has 8 heterocycles. The van der Waals surface area contributed by atoms with Gasteiger partial charge in [-0.15, -0.1) is 40.8 Å². The molecule has 0 spiro atoms. The fourth-order valence-corrected chi connectivity index (χ4v) is 10.3. The lowest BCUT2D eigenvalue weighted by molar-refractivity contribution is -0.147. The summed E-state index contributed by atoms with van der Waals surface area (Å²) in [5.41, 5.74) is 27.6. The van der Waals surface area contributed by atoms with Crippen LogP contribution in [-0.4, -0.2) is 154 Å². The Morgan fingerprint density at radius 1 is 0.500 bits per heavy atom. The van der Waals surface area contributed by atoms with Crippen molar-refractivity contribution in [1.82, 2.24) is 46.1 Å². The van der Waals surface area contributed by atoms with Crippen molar-refractivity contribution in [1.29, 1.82) is 0 Å². The zero-order valence-corrected chi connectivity index (χ0v) is 49.7. The molecule has 0 bridgehead atoms. The Morgan fingerprint density at radius 2 is 0.833 bits per heavy atom. The molecule has 26 nitrogen and oxygen atoms in total. The number of ether oxygens (including phenoxy) is 3. The van der Waals surface area contributed by atoms with Gasteiger partial charge in [0, 0.05) is 56.5 Å². The minimum Gasteiger partial charge on any atom is -0.507 e. The number of nitrogen functional groups attached to an aromatic ring is 4. The van der Waals surface area contributed by atoms with Gasteiger partial charge in [0.1, 0.15) is 11.5 Å². The Hall–Kier alpha value is -8.14. The van der Waals surface area contributed by atoms with Gasteiger partial charge >= 0.3 is 23.9 Å². The number of phenols is 2. The lowest BCUT2D eigenvalue weighted by atomic mass is 9.96. The normalized spacial score (nSPS) is 15.7. The van der Waals surface area contributed by atoms with E-state index in [1.54, 1.807) is 54.6 Å². The van der Waals surface area contributed by atoms with Crippen LogP contribution >= 0.6 is 39.1 Å². The fourth-order valence-electron chi connectivity index (χ4n) is 9.55. The van der Waals surface area contributed by atoms with Crippen LogP contribution in [0.1, 0.15) is 51.4 Å². The maximum Gasteiger partial charge on any atom is 0.308 e. The van der Waals surface area contributed by atoms with E-state index < -0.39 is 5.97 Å². The van der Waals surface area contributed by atoms with E-state index >= 15 is 0 Å². The first-order valence-electron chi connectivity index (χ1n) is 26.8. The number of nitrogens with zero attached hydrogens (tertiary/aromatic N) is 11. The minimum absolute atomic E-state index is 0.0299. The van der Waals surface area contributed by atoms with Crippen LogP contribution in [0, 0.1) is 23.7 Å². The smallest absolute Gasteiger partial charge is 0.308 e. The molecular weight excluding hydrogens is 1200 g/mol. The second-order valence-electron chi connectivity index (χ2n) is 19.6. The van der Waals surface area contributed by atoms with Crippen LogP contribution in [0.25, 0.3) is 22.5 Å². The predicted molar refractivity (Wildman–Crippen MR) is 322 cm³/mol. The summed E-state index contributed by atoms with van der Waals surface area (Å²) in [6, 6.07) is 20.8. The van der Waals surface area contributed by atoms with Gasteiger partial charge < -0.3 is 72.5 Å². The van der Waals surface area contributed by atoms with Crippen LogP contribution in [0.15, 0.2) is 77.3 Å². The number of benzene rings is 2. The van der Waals surface area contributed by atoms with E-state index in [0.29, 0.717) is 112 Å². The van der Waals surface area contributed by atoms with E-state index in [0.717, 1.165) is 68.9 Å². The third-order valence-corrected chi connectivity index (χ3v) is 15.3. The average Bonchev–Trinajstić information content (AvgIpc) is 3.62. The van der Waals surface area contributed by atoms with Gasteiger partial charge in [0.05, 0.1) is 77.9 Å². The molecule has 0 saturated carbocycles. The van der Waals surface area contributed by atoms with Crippen LogP contribution in [0.2, 0.25) is 10.3 Å². The third-order valence-electron chi connectivity index (χ3n) is 14.3. The number of halogens is 3. The van der Waals surface area contributed by atoms with Gasteiger partial charge in [-0.05, 0) is 123 Å². The molecule has 4 aliphatic rings. The van der Waals surface area contributed by atoms with Crippen molar-refractivity contribution in [3.8, 4) is 34.0 Å². The summed E-state index contributed by atoms with van der Waals surface area (Å²) >= 11 is 14.4. The molecule has 29 heteroatoms. The number of hydrogen-bond donors (Lipinski definition) is 8. The number of carboxylic acid groups (broad SMARTS) is 1. The number of rotatable bonds is 9. The van der Waals surface area contributed by atoms with Gasteiger partial charge in [0.25, 0.3) is 0 Å². The highest BCUT2D eigenvalue weighted by Crippen LogP contribution is 2.35. The largest absolute Gasteiger partial charge is 0.507 e. The summed E-state index contributed by atoms with van der Waals surface area (Å²) in [4.78, 5) is 51.2. The molecule has 2 aromatic carbocycles. The summed E-state index contributed by atoms with van der Waals surface area (Å²) in [5.74, 6) is 0.248. The van der Waals surface area contributed by atoms with Crippen LogP contribution in [-0.2, 0) is 33.4 Å². The maximum atomic E-state index is 11.6. The minimum atomic E-state index is -0.750. The van der Waals surface area contributed by atoms with Crippen LogP contribution in [0.5, 0.6) is 11.5 Å². The Morgan fingerprint density at radius 3 is 1.19 bits per heavy atom. The fraction of sp³-hybridized carbons (Fsp3) is 0.418. The number of aliphatic carboxylic acids is 1. The molecule has 4 fully saturated rings. The molecule has 450 valence electrons. The number of nitrogens with one attached hydrogen (secondary N) is 1. The van der Waals surface area contributed by atoms with Crippen molar-refractivity contribution in [3.05, 3.63) is 87.6 Å². The second-order valence-corrected chi connectivity index (χ2v) is 21.2. The van der Waals surface area contributed by atoms with E-state index in [4.69, 9.17) is 60.7 Å². The SMILES string of the molecule is COC(=O)C1CCN(c2cc(-c3ccccc3O)nnc2N)CC1.COC(=O)C1CCN(c2cc(Cl)nnc2N)CC1.COC(=O)C1CCNCC1.Nc1nnc(-c2ccccc2O)cc1N1CCC(C(=O)O)CC1.Nc1nnc(Cl)cc1Br. The number of carbonyl (C=O) groups is 4. The molecule has 0 atom stereocenters. The monoisotopic (exact) mass is 1260 g/mol. The number of aromatic nitrogens is 8. The molecule has 4 aliphatic heterocycles. The van der Waals surface area contributed by atoms with Gasteiger partial charge in [-0.1, -0.05) is 47.5 Å². The molecule has 10 rings (SSSR count). The van der Waals surface area contributed by atoms with Crippen molar-refractivity contribution in [2.45, 2.75) is 51.4 Å². The zero-order chi connectivity index (χ0) is 60.9. The maximum absolute atomic E-state index is 11.6. The molecule has 4 aromatic heterocycles. The number of carboxylic acids is 1. The number of esters is 3. The quantitative estimate of drug-likeness (QED) is 0.0582. The number of piperidine rings is 4. The van der Waals surface area contributed by atoms with Crippen molar-refractivity contribution >= 4 is 103 Å². The van der Waals surface area contributed by atoms with Crippen LogP contribution in [0.4, 0.5) is 40.3 Å². The highest BCUT2D eigenvalue weighted by Gasteiger charge is 2.30. The number of carbonyl (C=O) groups excluding carboxylic acids is 3. The van der Waals surface area contributed by atoms with Gasteiger partial charge in [-0.25, -0.2) is 0 Å². The lowest BCUT2D eigenvalue weighted by Crippen LogP contribution is -2.37.